The Kier molecular flexibility index (Phi) is 6.28. The Hall–Kier alpha value is -2.47. The van der Waals surface area contributed by atoms with Crippen molar-refractivity contribution in [2.75, 3.05) is 13.2 Å². The summed E-state index contributed by atoms with van der Waals surface area (Å²) in [6.07, 6.45) is 3.93. The van der Waals surface area contributed by atoms with Crippen LogP contribution in [-0.4, -0.2) is 57.9 Å². The van der Waals surface area contributed by atoms with Crippen molar-refractivity contribution >= 4 is 22.8 Å². The first kappa shape index (κ1) is 21.8. The highest BCUT2D eigenvalue weighted by molar-refractivity contribution is 6.05. The van der Waals surface area contributed by atoms with Gasteiger partial charge in [0.2, 0.25) is 0 Å². The van der Waals surface area contributed by atoms with Gasteiger partial charge in [-0.3, -0.25) is 14.7 Å². The first-order valence-electron chi connectivity index (χ1n) is 11.5. The number of pyridine rings is 1. The van der Waals surface area contributed by atoms with Crippen molar-refractivity contribution in [2.24, 2.45) is 0 Å². The SMILES string of the molecule is CC(C)N1CCc2nc3ccccc3c(C(=O)OCC(=O)N3[C@@H](C)CCC[C@@H]3C)c2C1. The molecule has 1 aromatic carbocycles. The summed E-state index contributed by atoms with van der Waals surface area (Å²) < 4.78 is 5.63. The fraction of sp³-hybridized carbons (Fsp3) is 0.560. The van der Waals surface area contributed by atoms with Gasteiger partial charge in [-0.25, -0.2) is 4.79 Å². The molecule has 1 saturated heterocycles. The van der Waals surface area contributed by atoms with Crippen molar-refractivity contribution in [1.82, 2.24) is 14.8 Å². The monoisotopic (exact) mass is 423 g/mol. The maximum absolute atomic E-state index is 13.3. The summed E-state index contributed by atoms with van der Waals surface area (Å²) in [5.74, 6) is -0.532. The van der Waals surface area contributed by atoms with E-state index in [0.717, 1.165) is 54.4 Å². The normalized spacial score (nSPS) is 21.9. The summed E-state index contributed by atoms with van der Waals surface area (Å²) in [5.41, 5.74) is 3.28. The molecule has 2 aromatic rings. The Morgan fingerprint density at radius 1 is 1.16 bits per heavy atom. The zero-order chi connectivity index (χ0) is 22.1. The van der Waals surface area contributed by atoms with Crippen LogP contribution in [0, 0.1) is 0 Å². The van der Waals surface area contributed by atoms with Crippen LogP contribution >= 0.6 is 0 Å². The van der Waals surface area contributed by atoms with E-state index in [1.807, 2.05) is 29.2 Å². The average molecular weight is 424 g/mol. The van der Waals surface area contributed by atoms with Crippen molar-refractivity contribution in [3.05, 3.63) is 41.1 Å². The molecular formula is C25H33N3O3. The van der Waals surface area contributed by atoms with E-state index < -0.39 is 5.97 Å². The molecule has 6 heteroatoms. The molecule has 0 bridgehead atoms. The Morgan fingerprint density at radius 2 is 1.87 bits per heavy atom. The number of carbonyl (C=O) groups is 2. The average Bonchev–Trinajstić information content (AvgIpc) is 2.75. The molecule has 2 aliphatic heterocycles. The summed E-state index contributed by atoms with van der Waals surface area (Å²) in [6.45, 7) is 9.85. The molecule has 0 aliphatic carbocycles. The van der Waals surface area contributed by atoms with Crippen LogP contribution < -0.4 is 0 Å². The molecule has 0 unspecified atom stereocenters. The van der Waals surface area contributed by atoms with Crippen LogP contribution in [0.15, 0.2) is 24.3 Å². The molecule has 166 valence electrons. The zero-order valence-corrected chi connectivity index (χ0v) is 19.1. The van der Waals surface area contributed by atoms with Gasteiger partial charge < -0.3 is 9.64 Å². The predicted molar refractivity (Wildman–Crippen MR) is 121 cm³/mol. The summed E-state index contributed by atoms with van der Waals surface area (Å²) >= 11 is 0. The summed E-state index contributed by atoms with van der Waals surface area (Å²) in [5, 5.41) is 0.795. The fourth-order valence-corrected chi connectivity index (χ4v) is 5.07. The Bertz CT molecular complexity index is 977. The number of amides is 1. The number of piperidine rings is 1. The lowest BCUT2D eigenvalue weighted by Crippen LogP contribution is -2.49. The standard InChI is InChI=1S/C25H33N3O3/c1-16(2)27-13-12-22-20(14-27)24(19-10-5-6-11-21(19)26-22)25(30)31-15-23(29)28-17(3)8-7-9-18(28)4/h5-6,10-11,16-18H,7-9,12-15H2,1-4H3/t17-,18-/m0/s1. The molecule has 1 amide bonds. The number of hydrogen-bond donors (Lipinski definition) is 0. The number of carbonyl (C=O) groups excluding carboxylic acids is 2. The van der Waals surface area contributed by atoms with E-state index in [4.69, 9.17) is 9.72 Å². The predicted octanol–water partition coefficient (Wildman–Crippen LogP) is 3.95. The van der Waals surface area contributed by atoms with Gasteiger partial charge in [0.25, 0.3) is 5.91 Å². The minimum Gasteiger partial charge on any atom is -0.452 e. The number of aromatic nitrogens is 1. The van der Waals surface area contributed by atoms with Gasteiger partial charge in [0.05, 0.1) is 11.1 Å². The Balaban J connectivity index is 1.61. The Morgan fingerprint density at radius 3 is 2.58 bits per heavy atom. The number of esters is 1. The molecule has 1 fully saturated rings. The minimum absolute atomic E-state index is 0.107. The van der Waals surface area contributed by atoms with Crippen LogP contribution in [-0.2, 0) is 22.5 Å². The van der Waals surface area contributed by atoms with Crippen molar-refractivity contribution in [3.63, 3.8) is 0 Å². The summed E-state index contributed by atoms with van der Waals surface area (Å²) in [4.78, 5) is 35.3. The number of fused-ring (bicyclic) bond motifs is 2. The van der Waals surface area contributed by atoms with Crippen LogP contribution in [0.4, 0.5) is 0 Å². The van der Waals surface area contributed by atoms with Gasteiger partial charge >= 0.3 is 5.97 Å². The molecule has 0 radical (unpaired) electrons. The van der Waals surface area contributed by atoms with Crippen molar-refractivity contribution in [2.45, 2.75) is 78.0 Å². The highest BCUT2D eigenvalue weighted by Crippen LogP contribution is 2.30. The third kappa shape index (κ3) is 4.31. The third-order valence-corrected chi connectivity index (χ3v) is 6.82. The lowest BCUT2D eigenvalue weighted by molar-refractivity contribution is -0.140. The van der Waals surface area contributed by atoms with E-state index >= 15 is 0 Å². The number of para-hydroxylation sites is 1. The molecule has 0 spiro atoms. The molecule has 2 aliphatic rings. The lowest BCUT2D eigenvalue weighted by atomic mass is 9.95. The number of ether oxygens (including phenoxy) is 1. The molecule has 0 saturated carbocycles. The van der Waals surface area contributed by atoms with Crippen molar-refractivity contribution in [1.29, 1.82) is 0 Å². The molecule has 6 nitrogen and oxygen atoms in total. The number of likely N-dealkylation sites (tertiary alicyclic amines) is 1. The maximum atomic E-state index is 13.3. The second-order valence-electron chi connectivity index (χ2n) is 9.25. The van der Waals surface area contributed by atoms with E-state index in [2.05, 4.69) is 32.6 Å². The largest absolute Gasteiger partial charge is 0.452 e. The van der Waals surface area contributed by atoms with Gasteiger partial charge in [-0.2, -0.15) is 0 Å². The van der Waals surface area contributed by atoms with Crippen LogP contribution in [0.25, 0.3) is 10.9 Å². The quantitative estimate of drug-likeness (QED) is 0.697. The van der Waals surface area contributed by atoms with Gasteiger partial charge in [-0.1, -0.05) is 18.2 Å². The highest BCUT2D eigenvalue weighted by atomic mass is 16.5. The molecule has 3 heterocycles. The fourth-order valence-electron chi connectivity index (χ4n) is 5.07. The van der Waals surface area contributed by atoms with E-state index in [1.54, 1.807) is 0 Å². The van der Waals surface area contributed by atoms with Gasteiger partial charge in [0.15, 0.2) is 6.61 Å². The van der Waals surface area contributed by atoms with E-state index in [-0.39, 0.29) is 24.6 Å². The lowest BCUT2D eigenvalue weighted by Gasteiger charge is -2.38. The van der Waals surface area contributed by atoms with Gasteiger partial charge in [-0.15, -0.1) is 0 Å². The first-order chi connectivity index (χ1) is 14.9. The Labute approximate surface area is 184 Å². The zero-order valence-electron chi connectivity index (χ0n) is 19.1. The smallest absolute Gasteiger partial charge is 0.339 e. The van der Waals surface area contributed by atoms with Gasteiger partial charge in [0, 0.05) is 54.3 Å². The van der Waals surface area contributed by atoms with E-state index in [1.165, 1.54) is 0 Å². The second kappa shape index (κ2) is 8.95. The third-order valence-electron chi connectivity index (χ3n) is 6.82. The molecule has 0 N–H and O–H groups in total. The molecule has 1 aromatic heterocycles. The van der Waals surface area contributed by atoms with Crippen LogP contribution in [0.5, 0.6) is 0 Å². The van der Waals surface area contributed by atoms with E-state index in [0.29, 0.717) is 18.2 Å². The van der Waals surface area contributed by atoms with Crippen LogP contribution in [0.2, 0.25) is 0 Å². The number of benzene rings is 1. The highest BCUT2D eigenvalue weighted by Gasteiger charge is 2.31. The van der Waals surface area contributed by atoms with Crippen LogP contribution in [0.3, 0.4) is 0 Å². The number of nitrogens with zero attached hydrogens (tertiary/aromatic N) is 3. The molecular weight excluding hydrogens is 390 g/mol. The van der Waals surface area contributed by atoms with Gasteiger partial charge in [0.1, 0.15) is 0 Å². The molecule has 31 heavy (non-hydrogen) atoms. The van der Waals surface area contributed by atoms with Crippen molar-refractivity contribution < 1.29 is 14.3 Å². The van der Waals surface area contributed by atoms with E-state index in [9.17, 15) is 9.59 Å². The van der Waals surface area contributed by atoms with Gasteiger partial charge in [-0.05, 0) is 53.0 Å². The number of hydrogen-bond acceptors (Lipinski definition) is 5. The van der Waals surface area contributed by atoms with Crippen LogP contribution in [0.1, 0.15) is 68.6 Å². The molecule has 4 rings (SSSR count). The number of rotatable bonds is 4. The first-order valence-corrected chi connectivity index (χ1v) is 11.5. The minimum atomic E-state index is -0.425. The second-order valence-corrected chi connectivity index (χ2v) is 9.25. The topological polar surface area (TPSA) is 62.7 Å². The molecule has 2 atom stereocenters. The van der Waals surface area contributed by atoms with Crippen molar-refractivity contribution in [3.8, 4) is 0 Å². The maximum Gasteiger partial charge on any atom is 0.339 e. The summed E-state index contributed by atoms with van der Waals surface area (Å²) in [7, 11) is 0. The summed E-state index contributed by atoms with van der Waals surface area (Å²) in [6, 6.07) is 8.45.